The molecule has 0 aliphatic heterocycles. The molecule has 7 heteroatoms. The van der Waals surface area contributed by atoms with Crippen molar-refractivity contribution in [2.75, 3.05) is 23.9 Å². The Balaban J connectivity index is 2.46. The molecule has 0 unspecified atom stereocenters. The first kappa shape index (κ1) is 15.3. The summed E-state index contributed by atoms with van der Waals surface area (Å²) in [4.78, 5) is 4.15. The Morgan fingerprint density at radius 2 is 2.29 bits per heavy atom. The van der Waals surface area contributed by atoms with Crippen molar-refractivity contribution >= 4 is 28.4 Å². The monoisotopic (exact) mass is 309 g/mol. The van der Waals surface area contributed by atoms with Gasteiger partial charge < -0.3 is 10.1 Å². The number of benzene rings is 1. The Morgan fingerprint density at radius 1 is 1.48 bits per heavy atom. The maximum Gasteiger partial charge on any atom is 0.387 e. The topological polar surface area (TPSA) is 57.9 Å². The minimum Gasteiger partial charge on any atom is -0.435 e. The van der Waals surface area contributed by atoms with Gasteiger partial charge in [0.25, 0.3) is 0 Å². The molecule has 0 saturated carbocycles. The molecule has 0 amide bonds. The summed E-state index contributed by atoms with van der Waals surface area (Å²) in [6, 6.07) is 6.54. The number of thioether (sulfide) groups is 1. The molecule has 1 aromatic heterocycles. The molecule has 0 bridgehead atoms. The average Bonchev–Trinajstić information content (AvgIpc) is 2.47. The van der Waals surface area contributed by atoms with Gasteiger partial charge in [-0.3, -0.25) is 4.98 Å². The second-order valence-electron chi connectivity index (χ2n) is 4.14. The highest BCUT2D eigenvalue weighted by atomic mass is 32.2. The summed E-state index contributed by atoms with van der Waals surface area (Å²) < 4.78 is 29.0. The zero-order chi connectivity index (χ0) is 15.2. The number of pyridine rings is 1. The van der Waals surface area contributed by atoms with E-state index >= 15 is 0 Å². The molecule has 4 nitrogen and oxygen atoms in total. The van der Waals surface area contributed by atoms with Crippen LogP contribution < -0.4 is 10.1 Å². The van der Waals surface area contributed by atoms with Crippen LogP contribution in [-0.2, 0) is 0 Å². The molecule has 0 radical (unpaired) electrons. The summed E-state index contributed by atoms with van der Waals surface area (Å²) in [5.41, 5.74) is 1.58. The van der Waals surface area contributed by atoms with Crippen LogP contribution in [0.2, 0.25) is 0 Å². The van der Waals surface area contributed by atoms with E-state index < -0.39 is 6.61 Å². The van der Waals surface area contributed by atoms with Crippen molar-refractivity contribution in [2.24, 2.45) is 0 Å². The van der Waals surface area contributed by atoms with E-state index in [1.54, 1.807) is 17.8 Å². The molecular weight excluding hydrogens is 296 g/mol. The van der Waals surface area contributed by atoms with Gasteiger partial charge in [0.2, 0.25) is 0 Å². The number of hydrogen-bond donors (Lipinski definition) is 1. The van der Waals surface area contributed by atoms with Crippen LogP contribution in [0.1, 0.15) is 5.56 Å². The molecule has 1 aromatic carbocycles. The van der Waals surface area contributed by atoms with Crippen molar-refractivity contribution in [3.63, 3.8) is 0 Å². The summed E-state index contributed by atoms with van der Waals surface area (Å²) in [5, 5.41) is 12.9. The molecule has 2 rings (SSSR count). The molecule has 1 heterocycles. The number of fused-ring (bicyclic) bond motifs is 1. The second kappa shape index (κ2) is 7.09. The minimum absolute atomic E-state index is 0.0438. The van der Waals surface area contributed by atoms with Gasteiger partial charge in [0.15, 0.2) is 0 Å². The van der Waals surface area contributed by atoms with Crippen molar-refractivity contribution in [2.45, 2.75) is 6.61 Å². The maximum absolute atomic E-state index is 12.3. The second-order valence-corrected chi connectivity index (χ2v) is 5.12. The zero-order valence-corrected chi connectivity index (χ0v) is 12.1. The van der Waals surface area contributed by atoms with Crippen molar-refractivity contribution in [3.05, 3.63) is 30.0 Å². The van der Waals surface area contributed by atoms with E-state index in [4.69, 9.17) is 5.26 Å². The fraction of sp³-hybridized carbons (Fsp3) is 0.286. The largest absolute Gasteiger partial charge is 0.435 e. The molecule has 2 aromatic rings. The zero-order valence-electron chi connectivity index (χ0n) is 11.3. The molecule has 110 valence electrons. The molecular formula is C14H13F2N3OS. The van der Waals surface area contributed by atoms with Crippen LogP contribution in [0.5, 0.6) is 5.75 Å². The van der Waals surface area contributed by atoms with Crippen LogP contribution in [0.3, 0.4) is 0 Å². The van der Waals surface area contributed by atoms with Crippen molar-refractivity contribution in [1.29, 1.82) is 5.26 Å². The number of aromatic nitrogens is 1. The molecule has 0 fully saturated rings. The quantitative estimate of drug-likeness (QED) is 0.828. The summed E-state index contributed by atoms with van der Waals surface area (Å²) in [6.07, 6.45) is 3.45. The summed E-state index contributed by atoms with van der Waals surface area (Å²) in [7, 11) is 0. The van der Waals surface area contributed by atoms with E-state index in [1.165, 1.54) is 18.3 Å². The molecule has 0 saturated heterocycles. The predicted octanol–water partition coefficient (Wildman–Crippen LogP) is 3.48. The average molecular weight is 309 g/mol. The van der Waals surface area contributed by atoms with Gasteiger partial charge in [-0.05, 0) is 24.5 Å². The SMILES string of the molecule is CSCCNc1c(C#N)cnc2ccc(OC(F)F)cc12. The fourth-order valence-electron chi connectivity index (χ4n) is 1.90. The number of ether oxygens (including phenoxy) is 1. The van der Waals surface area contributed by atoms with E-state index in [0.29, 0.717) is 28.7 Å². The normalized spacial score (nSPS) is 10.6. The highest BCUT2D eigenvalue weighted by Crippen LogP contribution is 2.29. The number of hydrogen-bond acceptors (Lipinski definition) is 5. The van der Waals surface area contributed by atoms with Crippen LogP contribution in [0.25, 0.3) is 10.9 Å². The lowest BCUT2D eigenvalue weighted by Crippen LogP contribution is -2.07. The van der Waals surface area contributed by atoms with Crippen molar-refractivity contribution < 1.29 is 13.5 Å². The van der Waals surface area contributed by atoms with E-state index in [-0.39, 0.29) is 5.75 Å². The third-order valence-electron chi connectivity index (χ3n) is 2.79. The summed E-state index contributed by atoms with van der Waals surface area (Å²) >= 11 is 1.67. The van der Waals surface area contributed by atoms with Gasteiger partial charge in [-0.2, -0.15) is 25.8 Å². The van der Waals surface area contributed by atoms with Gasteiger partial charge in [0.05, 0.1) is 16.8 Å². The van der Waals surface area contributed by atoms with Gasteiger partial charge in [-0.15, -0.1) is 0 Å². The number of nitrogens with zero attached hydrogens (tertiary/aromatic N) is 2. The highest BCUT2D eigenvalue weighted by molar-refractivity contribution is 7.98. The van der Waals surface area contributed by atoms with E-state index in [9.17, 15) is 8.78 Å². The first-order chi connectivity index (χ1) is 10.2. The predicted molar refractivity (Wildman–Crippen MR) is 80.0 cm³/mol. The lowest BCUT2D eigenvalue weighted by molar-refractivity contribution is -0.0497. The van der Waals surface area contributed by atoms with Crippen LogP contribution in [0.4, 0.5) is 14.5 Å². The number of halogens is 2. The Morgan fingerprint density at radius 3 is 2.95 bits per heavy atom. The number of alkyl halides is 2. The Hall–Kier alpha value is -2.07. The fourth-order valence-corrected chi connectivity index (χ4v) is 2.21. The van der Waals surface area contributed by atoms with Gasteiger partial charge >= 0.3 is 6.61 Å². The van der Waals surface area contributed by atoms with Gasteiger partial charge in [0, 0.05) is 23.9 Å². The van der Waals surface area contributed by atoms with E-state index in [1.807, 2.05) is 6.26 Å². The molecule has 0 spiro atoms. The van der Waals surface area contributed by atoms with E-state index in [0.717, 1.165) is 5.75 Å². The van der Waals surface area contributed by atoms with Gasteiger partial charge in [0.1, 0.15) is 11.8 Å². The van der Waals surface area contributed by atoms with Gasteiger partial charge in [-0.25, -0.2) is 0 Å². The van der Waals surface area contributed by atoms with Crippen LogP contribution in [-0.4, -0.2) is 30.1 Å². The Bertz CT molecular complexity index is 673. The van der Waals surface area contributed by atoms with Gasteiger partial charge in [-0.1, -0.05) is 0 Å². The third-order valence-corrected chi connectivity index (χ3v) is 3.41. The lowest BCUT2D eigenvalue weighted by atomic mass is 10.1. The van der Waals surface area contributed by atoms with Crippen LogP contribution in [0, 0.1) is 11.3 Å². The minimum atomic E-state index is -2.89. The third kappa shape index (κ3) is 3.73. The van der Waals surface area contributed by atoms with Crippen LogP contribution >= 0.6 is 11.8 Å². The maximum atomic E-state index is 12.3. The standard InChI is InChI=1S/C14H13F2N3OS/c1-21-5-4-18-13-9(7-17)8-19-12-3-2-10(6-11(12)13)20-14(15)16/h2-3,6,8,14H,4-5H2,1H3,(H,18,19). The first-order valence-corrected chi connectivity index (χ1v) is 7.55. The van der Waals surface area contributed by atoms with Crippen LogP contribution in [0.15, 0.2) is 24.4 Å². The summed E-state index contributed by atoms with van der Waals surface area (Å²) in [5.74, 6) is 0.907. The Labute approximate surface area is 125 Å². The summed E-state index contributed by atoms with van der Waals surface area (Å²) in [6.45, 7) is -2.23. The molecule has 1 N–H and O–H groups in total. The van der Waals surface area contributed by atoms with Crippen molar-refractivity contribution in [1.82, 2.24) is 4.98 Å². The molecule has 0 aliphatic rings. The van der Waals surface area contributed by atoms with E-state index in [2.05, 4.69) is 21.1 Å². The first-order valence-electron chi connectivity index (χ1n) is 6.16. The Kier molecular flexibility index (Phi) is 5.17. The number of nitriles is 1. The smallest absolute Gasteiger partial charge is 0.387 e. The molecule has 0 aliphatic carbocycles. The lowest BCUT2D eigenvalue weighted by Gasteiger charge is -2.12. The highest BCUT2D eigenvalue weighted by Gasteiger charge is 2.11. The molecule has 0 atom stereocenters. The number of nitrogens with one attached hydrogen (secondary N) is 1. The molecule has 21 heavy (non-hydrogen) atoms. The number of rotatable bonds is 6. The number of anilines is 1. The van der Waals surface area contributed by atoms with Crippen molar-refractivity contribution in [3.8, 4) is 11.8 Å².